The fourth-order valence-electron chi connectivity index (χ4n) is 1.79. The zero-order valence-corrected chi connectivity index (χ0v) is 12.6. The zero-order chi connectivity index (χ0) is 14.7. The molecule has 0 heterocycles. The van der Waals surface area contributed by atoms with Crippen LogP contribution in [-0.4, -0.2) is 36.3 Å². The summed E-state index contributed by atoms with van der Waals surface area (Å²) in [5.41, 5.74) is 5.47. The molecule has 0 spiro atoms. The van der Waals surface area contributed by atoms with Gasteiger partial charge in [-0.25, -0.2) is 0 Å². The number of carbonyl (C=O) groups is 1. The van der Waals surface area contributed by atoms with Gasteiger partial charge in [-0.1, -0.05) is 17.7 Å². The van der Waals surface area contributed by atoms with Gasteiger partial charge in [0.05, 0.1) is 5.69 Å². The second-order valence-corrected chi connectivity index (χ2v) is 4.94. The number of nitrogens with one attached hydrogen (secondary N) is 1. The number of anilines is 1. The molecule has 1 aromatic carbocycles. The first-order valence-electron chi connectivity index (χ1n) is 5.97. The minimum absolute atomic E-state index is 0.466. The predicted octanol–water partition coefficient (Wildman–Crippen LogP) is 1.65. The quantitative estimate of drug-likeness (QED) is 0.826. The van der Waals surface area contributed by atoms with Gasteiger partial charge in [0, 0.05) is 19.1 Å². The number of carbonyl (C=O) groups excluding carboxylic acids is 1. The van der Waals surface area contributed by atoms with Crippen LogP contribution in [0.2, 0.25) is 5.02 Å². The zero-order valence-electron chi connectivity index (χ0n) is 11.9. The van der Waals surface area contributed by atoms with Crippen molar-refractivity contribution in [3.05, 3.63) is 28.3 Å². The normalized spacial score (nSPS) is 12.4. The molecule has 106 valence electrons. The van der Waals surface area contributed by atoms with Crippen LogP contribution in [0.1, 0.15) is 18.1 Å². The molecule has 0 aliphatic rings. The molecule has 1 unspecified atom stereocenters. The van der Waals surface area contributed by atoms with Crippen LogP contribution in [0.4, 0.5) is 5.69 Å². The molecule has 0 bridgehead atoms. The van der Waals surface area contributed by atoms with Crippen molar-refractivity contribution in [1.29, 1.82) is 0 Å². The molecular formula is C13H20ClN3O2. The molecule has 0 saturated heterocycles. The summed E-state index contributed by atoms with van der Waals surface area (Å²) in [5, 5.41) is 13.2. The van der Waals surface area contributed by atoms with Crippen molar-refractivity contribution in [2.75, 3.05) is 19.1 Å². The number of rotatable bonds is 4. The first kappa shape index (κ1) is 15.8. The first-order valence-corrected chi connectivity index (χ1v) is 6.35. The SMILES string of the molecule is Cc1ccc(Cl)c(C)c1N(C)N(C)NC(=O)C(C)O. The van der Waals surface area contributed by atoms with Gasteiger partial charge in [-0.2, -0.15) is 0 Å². The number of nitrogens with zero attached hydrogens (tertiary/aromatic N) is 2. The van der Waals surface area contributed by atoms with E-state index in [4.69, 9.17) is 11.6 Å². The van der Waals surface area contributed by atoms with E-state index in [0.717, 1.165) is 16.8 Å². The summed E-state index contributed by atoms with van der Waals surface area (Å²) in [5.74, 6) is -0.466. The van der Waals surface area contributed by atoms with Gasteiger partial charge in [-0.05, 0) is 38.0 Å². The summed E-state index contributed by atoms with van der Waals surface area (Å²) in [6, 6.07) is 3.77. The maximum Gasteiger partial charge on any atom is 0.264 e. The molecule has 19 heavy (non-hydrogen) atoms. The molecule has 1 rings (SSSR count). The van der Waals surface area contributed by atoms with Crippen molar-refractivity contribution in [3.63, 3.8) is 0 Å². The number of aliphatic hydroxyl groups is 1. The van der Waals surface area contributed by atoms with Crippen LogP contribution in [0, 0.1) is 13.8 Å². The lowest BCUT2D eigenvalue weighted by atomic mass is 10.1. The lowest BCUT2D eigenvalue weighted by Crippen LogP contribution is -2.52. The van der Waals surface area contributed by atoms with Crippen molar-refractivity contribution in [1.82, 2.24) is 10.5 Å². The Balaban J connectivity index is 2.97. The van der Waals surface area contributed by atoms with Gasteiger partial charge in [0.2, 0.25) is 0 Å². The molecule has 1 atom stereocenters. The van der Waals surface area contributed by atoms with Crippen LogP contribution in [-0.2, 0) is 4.79 Å². The molecule has 0 saturated carbocycles. The van der Waals surface area contributed by atoms with Gasteiger partial charge >= 0.3 is 0 Å². The third kappa shape index (κ3) is 3.59. The van der Waals surface area contributed by atoms with Crippen molar-refractivity contribution in [3.8, 4) is 0 Å². The topological polar surface area (TPSA) is 55.8 Å². The van der Waals surface area contributed by atoms with Crippen molar-refractivity contribution in [2.45, 2.75) is 26.9 Å². The largest absolute Gasteiger partial charge is 0.384 e. The Morgan fingerprint density at radius 1 is 1.37 bits per heavy atom. The monoisotopic (exact) mass is 285 g/mol. The highest BCUT2D eigenvalue weighted by Gasteiger charge is 2.17. The molecule has 0 aliphatic carbocycles. The Bertz CT molecular complexity index is 477. The summed E-state index contributed by atoms with van der Waals surface area (Å²) < 4.78 is 0. The van der Waals surface area contributed by atoms with Crippen LogP contribution in [0.25, 0.3) is 0 Å². The number of aliphatic hydroxyl groups excluding tert-OH is 1. The van der Waals surface area contributed by atoms with Crippen molar-refractivity contribution >= 4 is 23.2 Å². The Hall–Kier alpha value is -1.30. The molecule has 1 amide bonds. The Kier molecular flexibility index (Phi) is 5.17. The first-order chi connectivity index (χ1) is 8.75. The lowest BCUT2D eigenvalue weighted by molar-refractivity contribution is -0.133. The van der Waals surface area contributed by atoms with Gasteiger partial charge in [0.25, 0.3) is 5.91 Å². The molecule has 2 N–H and O–H groups in total. The highest BCUT2D eigenvalue weighted by Crippen LogP contribution is 2.29. The van der Waals surface area contributed by atoms with Crippen LogP contribution < -0.4 is 10.4 Å². The number of hydrazine groups is 2. The summed E-state index contributed by atoms with van der Waals surface area (Å²) in [4.78, 5) is 11.5. The Labute approximate surface area is 118 Å². The molecule has 0 aliphatic heterocycles. The van der Waals surface area contributed by atoms with E-state index >= 15 is 0 Å². The summed E-state index contributed by atoms with van der Waals surface area (Å²) >= 11 is 6.12. The van der Waals surface area contributed by atoms with Gasteiger partial charge in [0.1, 0.15) is 6.10 Å². The van der Waals surface area contributed by atoms with E-state index in [-0.39, 0.29) is 0 Å². The third-order valence-electron chi connectivity index (χ3n) is 2.99. The molecule has 6 heteroatoms. The van der Waals surface area contributed by atoms with E-state index in [0.29, 0.717) is 5.02 Å². The number of hydrogen-bond acceptors (Lipinski definition) is 4. The number of amides is 1. The minimum Gasteiger partial charge on any atom is -0.384 e. The molecular weight excluding hydrogens is 266 g/mol. The smallest absolute Gasteiger partial charge is 0.264 e. The summed E-state index contributed by atoms with van der Waals surface area (Å²) in [6.45, 7) is 5.31. The third-order valence-corrected chi connectivity index (χ3v) is 3.40. The van der Waals surface area contributed by atoms with E-state index in [1.165, 1.54) is 12.0 Å². The van der Waals surface area contributed by atoms with E-state index in [1.54, 1.807) is 12.1 Å². The molecule has 0 radical (unpaired) electrons. The van der Waals surface area contributed by atoms with Crippen molar-refractivity contribution < 1.29 is 9.90 Å². The molecule has 0 fully saturated rings. The molecule has 5 nitrogen and oxygen atoms in total. The number of hydrogen-bond donors (Lipinski definition) is 2. The average Bonchev–Trinajstić information content (AvgIpc) is 2.33. The average molecular weight is 286 g/mol. The van der Waals surface area contributed by atoms with Crippen molar-refractivity contribution in [2.24, 2.45) is 0 Å². The highest BCUT2D eigenvalue weighted by molar-refractivity contribution is 6.31. The van der Waals surface area contributed by atoms with Gasteiger partial charge in [-0.3, -0.25) is 15.2 Å². The second kappa shape index (κ2) is 6.23. The Morgan fingerprint density at radius 3 is 2.47 bits per heavy atom. The highest BCUT2D eigenvalue weighted by atomic mass is 35.5. The fourth-order valence-corrected chi connectivity index (χ4v) is 1.94. The predicted molar refractivity (Wildman–Crippen MR) is 76.9 cm³/mol. The van der Waals surface area contributed by atoms with Crippen LogP contribution in [0.15, 0.2) is 12.1 Å². The standard InChI is InChI=1S/C13H20ClN3O2/c1-8-6-7-11(14)9(2)12(8)16(4)17(5)15-13(19)10(3)18/h6-7,10,18H,1-5H3,(H,15,19). The number of benzene rings is 1. The summed E-state index contributed by atoms with van der Waals surface area (Å²) in [6.07, 6.45) is -1.06. The van der Waals surface area contributed by atoms with Crippen LogP contribution in [0.3, 0.4) is 0 Å². The van der Waals surface area contributed by atoms with Crippen LogP contribution in [0.5, 0.6) is 0 Å². The van der Waals surface area contributed by atoms with E-state index in [9.17, 15) is 9.90 Å². The maximum absolute atomic E-state index is 11.5. The fraction of sp³-hybridized carbons (Fsp3) is 0.462. The van der Waals surface area contributed by atoms with Gasteiger partial charge < -0.3 is 5.11 Å². The van der Waals surface area contributed by atoms with Crippen LogP contribution >= 0.6 is 11.6 Å². The van der Waals surface area contributed by atoms with Gasteiger partial charge in [-0.15, -0.1) is 5.12 Å². The number of aryl methyl sites for hydroxylation is 1. The van der Waals surface area contributed by atoms with E-state index < -0.39 is 12.0 Å². The van der Waals surface area contributed by atoms with Gasteiger partial charge in [0.15, 0.2) is 0 Å². The molecule has 0 aromatic heterocycles. The van der Waals surface area contributed by atoms with E-state index in [2.05, 4.69) is 5.43 Å². The van der Waals surface area contributed by atoms with E-state index in [1.807, 2.05) is 33.0 Å². The lowest BCUT2D eigenvalue weighted by Gasteiger charge is -2.33. The summed E-state index contributed by atoms with van der Waals surface area (Å²) in [7, 11) is 3.51. The second-order valence-electron chi connectivity index (χ2n) is 4.54. The Morgan fingerprint density at radius 2 is 1.95 bits per heavy atom. The minimum atomic E-state index is -1.06. The number of halogens is 1. The molecule has 1 aromatic rings. The maximum atomic E-state index is 11.5.